The molecule has 3 rings (SSSR count). The molecule has 0 saturated heterocycles. The van der Waals surface area contributed by atoms with Crippen molar-refractivity contribution in [2.24, 2.45) is 0 Å². The van der Waals surface area contributed by atoms with Gasteiger partial charge in [-0.05, 0) is 41.8 Å². The van der Waals surface area contributed by atoms with Crippen LogP contribution in [0, 0.1) is 0 Å². The Labute approximate surface area is 175 Å². The van der Waals surface area contributed by atoms with Crippen LogP contribution >= 0.6 is 23.2 Å². The minimum absolute atomic E-state index is 0.147. The Hall–Kier alpha value is -1.84. The number of hydrogen-bond donors (Lipinski definition) is 3. The van der Waals surface area contributed by atoms with Crippen LogP contribution in [0.4, 0.5) is 18.9 Å². The van der Waals surface area contributed by atoms with Crippen molar-refractivity contribution in [1.82, 2.24) is 9.88 Å². The number of pyridine rings is 1. The first-order chi connectivity index (χ1) is 13.7. The summed E-state index contributed by atoms with van der Waals surface area (Å²) in [5, 5.41) is 22.3. The molecule has 10 heteroatoms. The minimum atomic E-state index is -4.53. The minimum Gasteiger partial charge on any atom is -0.392 e. The zero-order valence-electron chi connectivity index (χ0n) is 15.0. The molecule has 1 aliphatic rings. The van der Waals surface area contributed by atoms with E-state index in [1.54, 1.807) is 17.2 Å². The lowest BCUT2D eigenvalue weighted by Crippen LogP contribution is -2.43. The largest absolute Gasteiger partial charge is 0.417 e. The van der Waals surface area contributed by atoms with Gasteiger partial charge in [-0.3, -0.25) is 9.88 Å². The van der Waals surface area contributed by atoms with E-state index in [9.17, 15) is 18.3 Å². The van der Waals surface area contributed by atoms with Gasteiger partial charge in [-0.15, -0.1) is 0 Å². The van der Waals surface area contributed by atoms with Gasteiger partial charge in [-0.2, -0.15) is 13.2 Å². The van der Waals surface area contributed by atoms with E-state index in [4.69, 9.17) is 28.3 Å². The van der Waals surface area contributed by atoms with Crippen LogP contribution in [0.2, 0.25) is 10.0 Å². The van der Waals surface area contributed by atoms with Crippen molar-refractivity contribution in [2.45, 2.75) is 25.6 Å². The molecule has 0 radical (unpaired) electrons. The molecule has 2 aromatic rings. The molecular weight excluding hydrogens is 430 g/mol. The van der Waals surface area contributed by atoms with Crippen LogP contribution in [0.3, 0.4) is 0 Å². The number of nitrogens with zero attached hydrogens (tertiary/aromatic N) is 2. The summed E-state index contributed by atoms with van der Waals surface area (Å²) in [6.45, 7) is 0.720. The van der Waals surface area contributed by atoms with E-state index in [1.165, 1.54) is 6.07 Å². The molecule has 156 valence electrons. The van der Waals surface area contributed by atoms with Gasteiger partial charge in [-0.1, -0.05) is 29.3 Å². The van der Waals surface area contributed by atoms with E-state index >= 15 is 0 Å². The van der Waals surface area contributed by atoms with Crippen molar-refractivity contribution in [3.8, 4) is 0 Å². The monoisotopic (exact) mass is 447 g/mol. The number of rotatable bonds is 5. The predicted octanol–water partition coefficient (Wildman–Crippen LogP) is 4.38. The fraction of sp³-hybridized carbons (Fsp3) is 0.316. The molecule has 1 aromatic carbocycles. The highest BCUT2D eigenvalue weighted by molar-refractivity contribution is 6.32. The number of anilines is 1. The quantitative estimate of drug-likeness (QED) is 0.593. The lowest BCUT2D eigenvalue weighted by molar-refractivity contribution is -0.137. The third-order valence-electron chi connectivity index (χ3n) is 4.54. The molecule has 0 aliphatic carbocycles. The van der Waals surface area contributed by atoms with Crippen LogP contribution in [0.1, 0.15) is 23.2 Å². The van der Waals surface area contributed by atoms with Gasteiger partial charge >= 0.3 is 6.18 Å². The summed E-state index contributed by atoms with van der Waals surface area (Å²) in [6, 6.07) is 4.87. The number of halogens is 5. The molecule has 2 heterocycles. The van der Waals surface area contributed by atoms with Gasteiger partial charge in [0, 0.05) is 25.0 Å². The topological polar surface area (TPSA) is 68.6 Å². The van der Waals surface area contributed by atoms with Gasteiger partial charge < -0.3 is 15.5 Å². The zero-order chi connectivity index (χ0) is 21.2. The molecule has 0 spiro atoms. The average molecular weight is 448 g/mol. The Kier molecular flexibility index (Phi) is 6.70. The first-order valence-electron chi connectivity index (χ1n) is 8.69. The third-order valence-corrected chi connectivity index (χ3v) is 5.14. The Morgan fingerprint density at radius 3 is 2.52 bits per heavy atom. The Morgan fingerprint density at radius 2 is 1.97 bits per heavy atom. The van der Waals surface area contributed by atoms with Crippen molar-refractivity contribution in [2.75, 3.05) is 18.4 Å². The van der Waals surface area contributed by atoms with E-state index in [1.807, 2.05) is 6.08 Å². The summed E-state index contributed by atoms with van der Waals surface area (Å²) in [5.41, 5.74) is 1.50. The number of aliphatic hydroxyl groups excluding tert-OH is 2. The maximum Gasteiger partial charge on any atom is 0.417 e. The molecule has 3 N–H and O–H groups in total. The number of aliphatic hydroxyl groups is 2. The van der Waals surface area contributed by atoms with Gasteiger partial charge in [0.05, 0.1) is 27.9 Å². The van der Waals surface area contributed by atoms with Crippen LogP contribution < -0.4 is 5.32 Å². The molecule has 0 bridgehead atoms. The molecule has 1 aromatic heterocycles. The zero-order valence-corrected chi connectivity index (χ0v) is 16.6. The predicted molar refractivity (Wildman–Crippen MR) is 105 cm³/mol. The van der Waals surface area contributed by atoms with Gasteiger partial charge in [0.2, 0.25) is 0 Å². The number of benzene rings is 1. The summed E-state index contributed by atoms with van der Waals surface area (Å²) in [4.78, 5) is 5.98. The van der Waals surface area contributed by atoms with Crippen LogP contribution in [-0.2, 0) is 12.8 Å². The second-order valence-electron chi connectivity index (χ2n) is 6.52. The Bertz CT molecular complexity index is 922. The normalized spacial score (nSPS) is 16.4. The summed E-state index contributed by atoms with van der Waals surface area (Å²) in [7, 11) is 0. The Morgan fingerprint density at radius 1 is 1.21 bits per heavy atom. The molecular formula is C19H18Cl2F3N3O2. The van der Waals surface area contributed by atoms with Crippen LogP contribution in [0.15, 0.2) is 36.5 Å². The van der Waals surface area contributed by atoms with Crippen molar-refractivity contribution in [1.29, 1.82) is 0 Å². The fourth-order valence-electron chi connectivity index (χ4n) is 3.00. The molecule has 1 atom stereocenters. The maximum absolute atomic E-state index is 12.8. The number of alkyl halides is 3. The first-order valence-corrected chi connectivity index (χ1v) is 9.44. The van der Waals surface area contributed by atoms with E-state index < -0.39 is 23.1 Å². The van der Waals surface area contributed by atoms with Crippen LogP contribution in [0.25, 0.3) is 5.57 Å². The molecule has 5 nitrogen and oxygen atoms in total. The van der Waals surface area contributed by atoms with Crippen molar-refractivity contribution in [3.05, 3.63) is 63.4 Å². The molecule has 1 unspecified atom stereocenters. The van der Waals surface area contributed by atoms with E-state index in [0.717, 1.165) is 17.7 Å². The fourth-order valence-corrected chi connectivity index (χ4v) is 3.60. The standard InChI is InChI=1S/C19H18Cl2F3N3O2/c20-15-8-13(1-2-14(15)19(22,23)24)26-18(29)27-5-3-12(4-6-27)17-16(21)7-11(10-28)9-25-17/h1-3,7-9,18,26,28-29H,4-6,10H2. The lowest BCUT2D eigenvalue weighted by atomic mass is 10.0. The highest BCUT2D eigenvalue weighted by atomic mass is 35.5. The van der Waals surface area contributed by atoms with E-state index in [2.05, 4.69) is 10.3 Å². The summed E-state index contributed by atoms with van der Waals surface area (Å²) >= 11 is 11.9. The smallest absolute Gasteiger partial charge is 0.392 e. The first kappa shape index (κ1) is 21.9. The van der Waals surface area contributed by atoms with Crippen LogP contribution in [0.5, 0.6) is 0 Å². The van der Waals surface area contributed by atoms with E-state index in [0.29, 0.717) is 35.8 Å². The second kappa shape index (κ2) is 8.89. The van der Waals surface area contributed by atoms with Gasteiger partial charge in [0.15, 0.2) is 6.35 Å². The van der Waals surface area contributed by atoms with E-state index in [-0.39, 0.29) is 12.3 Å². The summed E-state index contributed by atoms with van der Waals surface area (Å²) < 4.78 is 38.4. The SMILES string of the molecule is OCc1cnc(C2=CCN(C(O)Nc3ccc(C(F)(F)F)c(Cl)c3)CC2)c(Cl)c1. The van der Waals surface area contributed by atoms with Crippen molar-refractivity contribution >= 4 is 34.5 Å². The molecule has 1 aliphatic heterocycles. The van der Waals surface area contributed by atoms with Gasteiger partial charge in [-0.25, -0.2) is 0 Å². The molecule has 0 amide bonds. The molecule has 0 saturated carbocycles. The van der Waals surface area contributed by atoms with Crippen molar-refractivity contribution < 1.29 is 23.4 Å². The van der Waals surface area contributed by atoms with Gasteiger partial charge in [0.25, 0.3) is 0 Å². The molecule has 29 heavy (non-hydrogen) atoms. The Balaban J connectivity index is 1.65. The number of hydrogen-bond acceptors (Lipinski definition) is 5. The number of aromatic nitrogens is 1. The molecule has 0 fully saturated rings. The highest BCUT2D eigenvalue weighted by Crippen LogP contribution is 2.36. The van der Waals surface area contributed by atoms with Crippen molar-refractivity contribution in [3.63, 3.8) is 0 Å². The van der Waals surface area contributed by atoms with Crippen LogP contribution in [-0.4, -0.2) is 39.5 Å². The summed E-state index contributed by atoms with van der Waals surface area (Å²) in [5.74, 6) is 0. The summed E-state index contributed by atoms with van der Waals surface area (Å²) in [6.07, 6.45) is -1.65. The second-order valence-corrected chi connectivity index (χ2v) is 7.33. The number of nitrogens with one attached hydrogen (secondary N) is 1. The third kappa shape index (κ3) is 5.21. The average Bonchev–Trinajstić information content (AvgIpc) is 2.67. The lowest BCUT2D eigenvalue weighted by Gasteiger charge is -2.31. The van der Waals surface area contributed by atoms with Gasteiger partial charge in [0.1, 0.15) is 0 Å². The maximum atomic E-state index is 12.8. The highest BCUT2D eigenvalue weighted by Gasteiger charge is 2.33.